The zero-order valence-electron chi connectivity index (χ0n) is 13.0. The van der Waals surface area contributed by atoms with E-state index in [4.69, 9.17) is 4.42 Å². The van der Waals surface area contributed by atoms with Crippen LogP contribution in [-0.2, 0) is 10.0 Å². The van der Waals surface area contributed by atoms with Crippen LogP contribution >= 0.6 is 0 Å². The second-order valence-electron chi connectivity index (χ2n) is 5.49. The van der Waals surface area contributed by atoms with Crippen molar-refractivity contribution in [1.29, 1.82) is 0 Å². The van der Waals surface area contributed by atoms with E-state index in [9.17, 15) is 23.3 Å². The predicted octanol–water partition coefficient (Wildman–Crippen LogP) is 2.22. The molecule has 25 heavy (non-hydrogen) atoms. The van der Waals surface area contributed by atoms with Crippen molar-refractivity contribution in [2.75, 3.05) is 18.4 Å². The van der Waals surface area contributed by atoms with E-state index in [0.29, 0.717) is 13.1 Å². The number of carbonyl (C=O) groups is 1. The van der Waals surface area contributed by atoms with E-state index in [2.05, 4.69) is 5.32 Å². The number of hydrogen-bond donors (Lipinski definition) is 1. The van der Waals surface area contributed by atoms with Gasteiger partial charge in [0.05, 0.1) is 4.92 Å². The molecule has 1 aromatic carbocycles. The first-order valence-corrected chi connectivity index (χ1v) is 8.98. The van der Waals surface area contributed by atoms with Crippen molar-refractivity contribution < 1.29 is 22.6 Å². The van der Waals surface area contributed by atoms with E-state index >= 15 is 0 Å². The lowest BCUT2D eigenvalue weighted by Crippen LogP contribution is -2.27. The molecule has 9 nitrogen and oxygen atoms in total. The fraction of sp³-hybridized carbons (Fsp3) is 0.267. The van der Waals surface area contributed by atoms with Gasteiger partial charge in [-0.3, -0.25) is 14.9 Å². The summed E-state index contributed by atoms with van der Waals surface area (Å²) in [5.41, 5.74) is 0.0362. The third kappa shape index (κ3) is 3.54. The van der Waals surface area contributed by atoms with Crippen LogP contribution in [0.2, 0.25) is 0 Å². The Labute approximate surface area is 143 Å². The van der Waals surface area contributed by atoms with Gasteiger partial charge in [0.2, 0.25) is 5.09 Å². The van der Waals surface area contributed by atoms with Gasteiger partial charge in [0, 0.05) is 30.9 Å². The van der Waals surface area contributed by atoms with Gasteiger partial charge in [-0.15, -0.1) is 0 Å². The van der Waals surface area contributed by atoms with E-state index in [1.807, 2.05) is 0 Å². The first kappa shape index (κ1) is 17.1. The van der Waals surface area contributed by atoms with Gasteiger partial charge in [0.25, 0.3) is 21.6 Å². The molecule has 1 saturated heterocycles. The number of carbonyl (C=O) groups excluding carboxylic acids is 1. The Kier molecular flexibility index (Phi) is 4.55. The second-order valence-corrected chi connectivity index (χ2v) is 7.36. The van der Waals surface area contributed by atoms with E-state index in [1.54, 1.807) is 0 Å². The first-order chi connectivity index (χ1) is 11.9. The summed E-state index contributed by atoms with van der Waals surface area (Å²) >= 11 is 0. The maximum absolute atomic E-state index is 12.4. The number of anilines is 1. The van der Waals surface area contributed by atoms with E-state index in [1.165, 1.54) is 40.7 Å². The number of nitrogens with zero attached hydrogens (tertiary/aromatic N) is 2. The molecule has 1 aliphatic rings. The molecule has 1 amide bonds. The van der Waals surface area contributed by atoms with Crippen LogP contribution in [-0.4, -0.2) is 36.6 Å². The topological polar surface area (TPSA) is 123 Å². The van der Waals surface area contributed by atoms with E-state index < -0.39 is 20.9 Å². The molecule has 1 N–H and O–H groups in total. The summed E-state index contributed by atoms with van der Waals surface area (Å²) in [5.74, 6) is -0.882. The van der Waals surface area contributed by atoms with Crippen LogP contribution in [0.4, 0.5) is 11.4 Å². The minimum atomic E-state index is -3.74. The maximum atomic E-state index is 12.4. The SMILES string of the molecule is O=C(Nc1cccc([N+](=O)[O-])c1)c1ccc(S(=O)(=O)N2CCCC2)o1. The van der Waals surface area contributed by atoms with Crippen LogP contribution in [0.3, 0.4) is 0 Å². The molecule has 0 unspecified atom stereocenters. The Bertz CT molecular complexity index is 915. The quantitative estimate of drug-likeness (QED) is 0.640. The number of benzene rings is 1. The average molecular weight is 365 g/mol. The lowest BCUT2D eigenvalue weighted by molar-refractivity contribution is -0.384. The molecular formula is C15H15N3O6S. The lowest BCUT2D eigenvalue weighted by Gasteiger charge is -2.12. The Morgan fingerprint density at radius 1 is 1.20 bits per heavy atom. The van der Waals surface area contributed by atoms with Gasteiger partial charge in [-0.05, 0) is 31.0 Å². The number of non-ortho nitro benzene ring substituents is 1. The number of hydrogen-bond acceptors (Lipinski definition) is 6. The number of rotatable bonds is 5. The summed E-state index contributed by atoms with van der Waals surface area (Å²) < 4.78 is 31.3. The van der Waals surface area contributed by atoms with Gasteiger partial charge in [-0.25, -0.2) is 8.42 Å². The number of nitro benzene ring substituents is 1. The van der Waals surface area contributed by atoms with Gasteiger partial charge in [-0.2, -0.15) is 4.31 Å². The number of furan rings is 1. The summed E-state index contributed by atoms with van der Waals surface area (Å²) in [4.78, 5) is 22.3. The fourth-order valence-corrected chi connectivity index (χ4v) is 3.95. The Balaban J connectivity index is 1.77. The van der Waals surface area contributed by atoms with Crippen LogP contribution in [0, 0.1) is 10.1 Å². The Morgan fingerprint density at radius 2 is 1.92 bits per heavy atom. The molecule has 0 saturated carbocycles. The molecule has 2 heterocycles. The molecule has 0 atom stereocenters. The molecule has 10 heteroatoms. The summed E-state index contributed by atoms with van der Waals surface area (Å²) in [6, 6.07) is 7.90. The van der Waals surface area contributed by atoms with Crippen molar-refractivity contribution in [3.8, 4) is 0 Å². The molecule has 0 radical (unpaired) electrons. The van der Waals surface area contributed by atoms with Crippen molar-refractivity contribution in [3.63, 3.8) is 0 Å². The van der Waals surface area contributed by atoms with Crippen LogP contribution in [0.5, 0.6) is 0 Å². The second kappa shape index (κ2) is 6.65. The van der Waals surface area contributed by atoms with Gasteiger partial charge < -0.3 is 9.73 Å². The minimum Gasteiger partial charge on any atom is -0.438 e. The van der Waals surface area contributed by atoms with Gasteiger partial charge >= 0.3 is 0 Å². The average Bonchev–Trinajstić information content (AvgIpc) is 3.27. The molecular weight excluding hydrogens is 350 g/mol. The Morgan fingerprint density at radius 3 is 2.60 bits per heavy atom. The number of amides is 1. The van der Waals surface area contributed by atoms with Crippen molar-refractivity contribution in [2.24, 2.45) is 0 Å². The third-order valence-corrected chi connectivity index (χ3v) is 5.55. The normalized spacial score (nSPS) is 15.2. The van der Waals surface area contributed by atoms with Crippen molar-refractivity contribution in [3.05, 3.63) is 52.3 Å². The molecule has 0 spiro atoms. The highest BCUT2D eigenvalue weighted by molar-refractivity contribution is 7.89. The van der Waals surface area contributed by atoms with Crippen molar-refractivity contribution >= 4 is 27.3 Å². The number of sulfonamides is 1. The van der Waals surface area contributed by atoms with Gasteiger partial charge in [-0.1, -0.05) is 6.07 Å². The Hall–Kier alpha value is -2.72. The monoisotopic (exact) mass is 365 g/mol. The molecule has 2 aromatic rings. The van der Waals surface area contributed by atoms with E-state index in [0.717, 1.165) is 12.8 Å². The molecule has 0 bridgehead atoms. The largest absolute Gasteiger partial charge is 0.438 e. The smallest absolute Gasteiger partial charge is 0.291 e. The van der Waals surface area contributed by atoms with Crippen LogP contribution < -0.4 is 5.32 Å². The van der Waals surface area contributed by atoms with Crippen molar-refractivity contribution in [1.82, 2.24) is 4.31 Å². The van der Waals surface area contributed by atoms with Crippen molar-refractivity contribution in [2.45, 2.75) is 17.9 Å². The highest BCUT2D eigenvalue weighted by Gasteiger charge is 2.30. The summed E-state index contributed by atoms with van der Waals surface area (Å²) in [6.07, 6.45) is 1.58. The zero-order chi connectivity index (χ0) is 18.0. The van der Waals surface area contributed by atoms with Crippen LogP contribution in [0.1, 0.15) is 23.4 Å². The number of nitro groups is 1. The predicted molar refractivity (Wildman–Crippen MR) is 87.8 cm³/mol. The van der Waals surface area contributed by atoms with Gasteiger partial charge in [0.1, 0.15) is 0 Å². The lowest BCUT2D eigenvalue weighted by atomic mass is 10.2. The standard InChI is InChI=1S/C15H15N3O6S/c19-15(16-11-4-3-5-12(10-11)18(20)21)13-6-7-14(24-13)25(22,23)17-8-1-2-9-17/h3-7,10H,1-2,8-9H2,(H,16,19). The minimum absolute atomic E-state index is 0.172. The molecule has 1 aliphatic heterocycles. The van der Waals surface area contributed by atoms with Crippen LogP contribution in [0.15, 0.2) is 45.9 Å². The highest BCUT2D eigenvalue weighted by atomic mass is 32.2. The molecule has 1 fully saturated rings. The summed E-state index contributed by atoms with van der Waals surface area (Å²) in [5, 5.41) is 12.9. The molecule has 3 rings (SSSR count). The maximum Gasteiger partial charge on any atom is 0.291 e. The van der Waals surface area contributed by atoms with E-state index in [-0.39, 0.29) is 22.2 Å². The molecule has 0 aliphatic carbocycles. The van der Waals surface area contributed by atoms with Gasteiger partial charge in [0.15, 0.2) is 5.76 Å². The third-order valence-electron chi connectivity index (χ3n) is 3.78. The highest BCUT2D eigenvalue weighted by Crippen LogP contribution is 2.23. The number of nitrogens with one attached hydrogen (secondary N) is 1. The first-order valence-electron chi connectivity index (χ1n) is 7.54. The fourth-order valence-electron chi connectivity index (χ4n) is 2.53. The zero-order valence-corrected chi connectivity index (χ0v) is 13.9. The molecule has 1 aromatic heterocycles. The summed E-state index contributed by atoms with van der Waals surface area (Å²) in [7, 11) is -3.74. The van der Waals surface area contributed by atoms with Crippen LogP contribution in [0.25, 0.3) is 0 Å². The molecule has 132 valence electrons. The summed E-state index contributed by atoms with van der Waals surface area (Å²) in [6.45, 7) is 0.858.